The first-order valence-electron chi connectivity index (χ1n) is 11.5. The van der Waals surface area contributed by atoms with Gasteiger partial charge in [0, 0.05) is 19.3 Å². The maximum Gasteiger partial charge on any atom is 0.434 e. The third-order valence-corrected chi connectivity index (χ3v) is 6.60. The summed E-state index contributed by atoms with van der Waals surface area (Å²) in [7, 11) is 0. The van der Waals surface area contributed by atoms with Gasteiger partial charge in [-0.2, -0.15) is 0 Å². The summed E-state index contributed by atoms with van der Waals surface area (Å²) < 4.78 is 10.7. The Bertz CT molecular complexity index is 1170. The average Bonchev–Trinajstić information content (AvgIpc) is 2.84. The fraction of sp³-hybridized carbons (Fsp3) is 0.360. The Morgan fingerprint density at radius 1 is 1.22 bits per heavy atom. The van der Waals surface area contributed by atoms with E-state index in [-0.39, 0.29) is 36.0 Å². The largest absolute Gasteiger partial charge is 0.463 e. The molecule has 36 heavy (non-hydrogen) atoms. The van der Waals surface area contributed by atoms with Gasteiger partial charge in [-0.1, -0.05) is 54.1 Å². The Labute approximate surface area is 213 Å². The molecule has 3 N–H and O–H groups in total. The van der Waals surface area contributed by atoms with E-state index in [1.54, 1.807) is 25.1 Å². The molecule has 2 aliphatic heterocycles. The van der Waals surface area contributed by atoms with E-state index in [2.05, 4.69) is 15.6 Å². The summed E-state index contributed by atoms with van der Waals surface area (Å²) >= 11 is 6.67. The molecule has 0 bridgehead atoms. The molecular formula is C25H27ClN4O6. The third-order valence-electron chi connectivity index (χ3n) is 6.19. The Kier molecular flexibility index (Phi) is 7.76. The second-order valence-electron chi connectivity index (χ2n) is 8.81. The molecule has 2 aromatic carbocycles. The van der Waals surface area contributed by atoms with Crippen molar-refractivity contribution >= 4 is 41.3 Å². The Balaban J connectivity index is 1.55. The van der Waals surface area contributed by atoms with Crippen LogP contribution in [0.4, 0.5) is 15.3 Å². The van der Waals surface area contributed by atoms with Gasteiger partial charge in [0.2, 0.25) is 11.9 Å². The number of aliphatic imine (C=N–C) groups is 1. The predicted octanol–water partition coefficient (Wildman–Crippen LogP) is 4.34. The van der Waals surface area contributed by atoms with Crippen molar-refractivity contribution in [2.45, 2.75) is 44.4 Å². The summed E-state index contributed by atoms with van der Waals surface area (Å²) in [6.07, 6.45) is -0.948. The number of anilines is 1. The van der Waals surface area contributed by atoms with E-state index in [0.29, 0.717) is 37.3 Å². The van der Waals surface area contributed by atoms with Crippen LogP contribution in [-0.4, -0.2) is 53.3 Å². The van der Waals surface area contributed by atoms with E-state index >= 15 is 0 Å². The van der Waals surface area contributed by atoms with Crippen molar-refractivity contribution in [2.75, 3.05) is 18.5 Å². The highest BCUT2D eigenvalue weighted by Crippen LogP contribution is 2.38. The van der Waals surface area contributed by atoms with Gasteiger partial charge in [0.25, 0.3) is 0 Å². The number of ether oxygens (including phenoxy) is 2. The molecule has 0 aliphatic carbocycles. The highest BCUT2D eigenvalue weighted by atomic mass is 35.5. The quantitative estimate of drug-likeness (QED) is 0.541. The Hall–Kier alpha value is -3.63. The van der Waals surface area contributed by atoms with Crippen LogP contribution in [-0.2, 0) is 26.4 Å². The Morgan fingerprint density at radius 2 is 1.94 bits per heavy atom. The molecule has 10 nitrogen and oxygen atoms in total. The van der Waals surface area contributed by atoms with Gasteiger partial charge in [-0.15, -0.1) is 4.99 Å². The highest BCUT2D eigenvalue weighted by molar-refractivity contribution is 6.34. The standard InChI is InChI=1S/C25H27ClN4O6/c1-25(14-20(31)30(17-10-12-35-13-11-17)22(29-25)28-23(32)33)18-8-5-9-19(21(18)26)27-24(34)36-15-16-6-3-2-4-7-16/h2-9,17H,10-15H2,1H3,(H,27,34)(H,28,29)(H,32,33)/t25-/m0/s1. The number of nitrogens with zero attached hydrogens (tertiary/aromatic N) is 2. The van der Waals surface area contributed by atoms with Crippen molar-refractivity contribution in [1.29, 1.82) is 0 Å². The predicted molar refractivity (Wildman–Crippen MR) is 133 cm³/mol. The SMILES string of the molecule is C[C@@]1(c2cccc(NC(=O)OCc3ccccc3)c2Cl)CC(=O)N(C2CCOCC2)C(=NC(=O)O)N1. The molecule has 0 radical (unpaired) electrons. The number of carbonyl (C=O) groups excluding carboxylic acids is 2. The lowest BCUT2D eigenvalue weighted by Crippen LogP contribution is -2.63. The van der Waals surface area contributed by atoms with Crippen LogP contribution in [0.5, 0.6) is 0 Å². The molecule has 1 atom stereocenters. The lowest BCUT2D eigenvalue weighted by molar-refractivity contribution is -0.133. The minimum Gasteiger partial charge on any atom is -0.463 e. The topological polar surface area (TPSA) is 130 Å². The molecule has 0 spiro atoms. The monoisotopic (exact) mass is 514 g/mol. The smallest absolute Gasteiger partial charge is 0.434 e. The number of benzene rings is 2. The number of hydrogen-bond donors (Lipinski definition) is 3. The van der Waals surface area contributed by atoms with Crippen molar-refractivity contribution in [2.24, 2.45) is 4.99 Å². The van der Waals surface area contributed by atoms with Crippen LogP contribution in [0.1, 0.15) is 37.3 Å². The van der Waals surface area contributed by atoms with Crippen LogP contribution in [0.3, 0.4) is 0 Å². The van der Waals surface area contributed by atoms with Crippen LogP contribution in [0.15, 0.2) is 53.5 Å². The minimum atomic E-state index is -1.42. The second-order valence-corrected chi connectivity index (χ2v) is 9.19. The van der Waals surface area contributed by atoms with Gasteiger partial charge in [0.15, 0.2) is 0 Å². The van der Waals surface area contributed by atoms with Gasteiger partial charge in [0.1, 0.15) is 6.61 Å². The van der Waals surface area contributed by atoms with Crippen molar-refractivity contribution in [1.82, 2.24) is 10.2 Å². The van der Waals surface area contributed by atoms with Gasteiger partial charge in [-0.05, 0) is 37.0 Å². The van der Waals surface area contributed by atoms with Crippen molar-refractivity contribution in [3.63, 3.8) is 0 Å². The highest BCUT2D eigenvalue weighted by Gasteiger charge is 2.44. The van der Waals surface area contributed by atoms with E-state index < -0.39 is 17.7 Å². The number of halogens is 1. The van der Waals surface area contributed by atoms with E-state index in [1.807, 2.05) is 30.3 Å². The van der Waals surface area contributed by atoms with Gasteiger partial charge in [-0.3, -0.25) is 15.0 Å². The summed E-state index contributed by atoms with van der Waals surface area (Å²) in [5, 5.41) is 15.3. The number of nitrogens with one attached hydrogen (secondary N) is 2. The number of hydrogen-bond acceptors (Lipinski definition) is 5. The van der Waals surface area contributed by atoms with Gasteiger partial charge in [-0.25, -0.2) is 9.59 Å². The fourth-order valence-electron chi connectivity index (χ4n) is 4.44. The molecule has 0 aromatic heterocycles. The zero-order chi connectivity index (χ0) is 25.7. The van der Waals surface area contributed by atoms with Gasteiger partial charge >= 0.3 is 12.2 Å². The molecule has 2 heterocycles. The molecule has 2 aromatic rings. The minimum absolute atomic E-state index is 0.00459. The van der Waals surface area contributed by atoms with E-state index in [4.69, 9.17) is 21.1 Å². The lowest BCUT2D eigenvalue weighted by Gasteiger charge is -2.45. The van der Waals surface area contributed by atoms with Crippen LogP contribution >= 0.6 is 11.6 Å². The van der Waals surface area contributed by atoms with Crippen LogP contribution in [0.25, 0.3) is 0 Å². The van der Waals surface area contributed by atoms with Gasteiger partial charge in [0.05, 0.1) is 22.7 Å². The summed E-state index contributed by atoms with van der Waals surface area (Å²) in [6, 6.07) is 14.0. The number of rotatable bonds is 5. The zero-order valence-corrected chi connectivity index (χ0v) is 20.5. The molecule has 2 aliphatic rings. The molecule has 3 amide bonds. The second kappa shape index (κ2) is 11.0. The molecule has 0 saturated carbocycles. The van der Waals surface area contributed by atoms with Gasteiger partial charge < -0.3 is 19.9 Å². The molecule has 2 fully saturated rings. The number of carboxylic acid groups (broad SMARTS) is 1. The summed E-state index contributed by atoms with van der Waals surface area (Å²) in [4.78, 5) is 42.3. The summed E-state index contributed by atoms with van der Waals surface area (Å²) in [5.41, 5.74) is 0.564. The van der Waals surface area contributed by atoms with E-state index in [9.17, 15) is 19.5 Å². The first-order chi connectivity index (χ1) is 17.3. The molecule has 0 unspecified atom stereocenters. The zero-order valence-electron chi connectivity index (χ0n) is 19.7. The van der Waals surface area contributed by atoms with E-state index in [1.165, 1.54) is 4.90 Å². The van der Waals surface area contributed by atoms with E-state index in [0.717, 1.165) is 5.56 Å². The molecular weight excluding hydrogens is 488 g/mol. The molecule has 190 valence electrons. The van der Waals surface area contributed by atoms with Crippen LogP contribution in [0, 0.1) is 0 Å². The molecule has 11 heteroatoms. The fourth-order valence-corrected chi connectivity index (χ4v) is 4.82. The van der Waals surface area contributed by atoms with Crippen LogP contribution < -0.4 is 10.6 Å². The first kappa shape index (κ1) is 25.5. The number of guanidine groups is 1. The maximum absolute atomic E-state index is 13.3. The Morgan fingerprint density at radius 3 is 2.64 bits per heavy atom. The lowest BCUT2D eigenvalue weighted by atomic mass is 9.85. The number of carbonyl (C=O) groups is 3. The van der Waals surface area contributed by atoms with Crippen molar-refractivity contribution in [3.05, 3.63) is 64.7 Å². The molecule has 4 rings (SSSR count). The van der Waals surface area contributed by atoms with Crippen molar-refractivity contribution < 1.29 is 29.0 Å². The average molecular weight is 515 g/mol. The molecule has 2 saturated heterocycles. The van der Waals surface area contributed by atoms with Crippen molar-refractivity contribution in [3.8, 4) is 0 Å². The number of amides is 3. The summed E-state index contributed by atoms with van der Waals surface area (Å²) in [5.74, 6) is -0.329. The van der Waals surface area contributed by atoms with Crippen LogP contribution in [0.2, 0.25) is 5.02 Å². The first-order valence-corrected chi connectivity index (χ1v) is 11.9. The normalized spacial score (nSPS) is 21.7. The summed E-state index contributed by atoms with van der Waals surface area (Å²) in [6.45, 7) is 2.79. The third kappa shape index (κ3) is 5.77. The maximum atomic E-state index is 13.3.